The van der Waals surface area contributed by atoms with E-state index in [0.29, 0.717) is 45.3 Å². The highest BCUT2D eigenvalue weighted by atomic mass is 16.5. The third kappa shape index (κ3) is 5.28. The number of rotatable bonds is 6. The molecule has 0 amide bonds. The Labute approximate surface area is 295 Å². The summed E-state index contributed by atoms with van der Waals surface area (Å²) in [4.78, 5) is 0. The molecule has 0 fully saturated rings. The minimum absolute atomic E-state index is 0.0273. The fourth-order valence-corrected chi connectivity index (χ4v) is 6.69. The standard InChI is InChI=1S/C45H28N2O4/c1-5-27-21-37-38-22-28(6-2)30(8-4)24-40(38)45(39(37)23-29(27)7-3,31-9-13-33(14-10-31)50-35-17-19-43(48)41(46)25-35)32-11-15-34(16-12-32)51-36-18-20-44(49)42(47)26-36/h1-4,9-26,48-49H,46-47H2. The first-order chi connectivity index (χ1) is 24.7. The van der Waals surface area contributed by atoms with Crippen LogP contribution in [0.4, 0.5) is 11.4 Å². The lowest BCUT2D eigenvalue weighted by atomic mass is 9.67. The van der Waals surface area contributed by atoms with Gasteiger partial charge in [0.15, 0.2) is 0 Å². The summed E-state index contributed by atoms with van der Waals surface area (Å²) < 4.78 is 12.2. The molecule has 6 aromatic carbocycles. The van der Waals surface area contributed by atoms with Crippen molar-refractivity contribution in [1.29, 1.82) is 0 Å². The van der Waals surface area contributed by atoms with Crippen molar-refractivity contribution < 1.29 is 19.7 Å². The summed E-state index contributed by atoms with van der Waals surface area (Å²) in [7, 11) is 0. The van der Waals surface area contributed by atoms with Crippen molar-refractivity contribution in [1.82, 2.24) is 0 Å². The van der Waals surface area contributed by atoms with Crippen LogP contribution >= 0.6 is 0 Å². The quantitative estimate of drug-likeness (QED) is 0.0815. The first kappa shape index (κ1) is 31.9. The molecule has 1 aliphatic rings. The van der Waals surface area contributed by atoms with Crippen LogP contribution in [0.15, 0.2) is 109 Å². The van der Waals surface area contributed by atoms with E-state index in [-0.39, 0.29) is 22.9 Å². The number of phenols is 2. The zero-order valence-corrected chi connectivity index (χ0v) is 27.1. The highest BCUT2D eigenvalue weighted by Crippen LogP contribution is 2.57. The van der Waals surface area contributed by atoms with E-state index >= 15 is 0 Å². The summed E-state index contributed by atoms with van der Waals surface area (Å²) in [5.41, 5.74) is 18.8. The highest BCUT2D eigenvalue weighted by Gasteiger charge is 2.47. The van der Waals surface area contributed by atoms with Gasteiger partial charge in [-0.3, -0.25) is 0 Å². The van der Waals surface area contributed by atoms with Crippen LogP contribution in [0.3, 0.4) is 0 Å². The number of fused-ring (bicyclic) bond motifs is 3. The molecule has 0 spiro atoms. The zero-order chi connectivity index (χ0) is 35.9. The average Bonchev–Trinajstić information content (AvgIpc) is 3.42. The van der Waals surface area contributed by atoms with Gasteiger partial charge in [-0.25, -0.2) is 0 Å². The summed E-state index contributed by atoms with van der Waals surface area (Å²) in [5.74, 6) is 13.0. The maximum Gasteiger partial charge on any atom is 0.138 e. The van der Waals surface area contributed by atoms with Gasteiger partial charge in [0.05, 0.1) is 16.8 Å². The Kier molecular flexibility index (Phi) is 7.78. The lowest BCUT2D eigenvalue weighted by Gasteiger charge is -2.34. The van der Waals surface area contributed by atoms with Gasteiger partial charge in [-0.05, 0) is 106 Å². The van der Waals surface area contributed by atoms with Crippen LogP contribution in [0.2, 0.25) is 0 Å². The molecule has 0 bridgehead atoms. The molecule has 0 saturated heterocycles. The second-order valence-corrected chi connectivity index (χ2v) is 11.9. The normalized spacial score (nSPS) is 11.9. The number of benzene rings is 6. The van der Waals surface area contributed by atoms with Gasteiger partial charge < -0.3 is 31.2 Å². The SMILES string of the molecule is C#Cc1cc2c(cc1C#C)C(c1ccc(Oc3ccc(O)c(N)c3)cc1)(c1ccc(Oc3ccc(O)c(N)c3)cc1)c1cc(C#C)c(C#C)cc1-2. The van der Waals surface area contributed by atoms with Crippen molar-refractivity contribution in [2.45, 2.75) is 5.41 Å². The number of aromatic hydroxyl groups is 2. The Morgan fingerprint density at radius 3 is 1.12 bits per heavy atom. The fourth-order valence-electron chi connectivity index (χ4n) is 6.69. The van der Waals surface area contributed by atoms with Crippen LogP contribution in [0.25, 0.3) is 11.1 Å². The van der Waals surface area contributed by atoms with Crippen LogP contribution in [0, 0.1) is 49.4 Å². The lowest BCUT2D eigenvalue weighted by Crippen LogP contribution is -2.29. The predicted octanol–water partition coefficient (Wildman–Crippen LogP) is 8.14. The number of nitrogens with two attached hydrogens (primary N) is 2. The summed E-state index contributed by atoms with van der Waals surface area (Å²) in [6.07, 6.45) is 24.0. The maximum absolute atomic E-state index is 9.87. The van der Waals surface area contributed by atoms with Crippen molar-refractivity contribution >= 4 is 11.4 Å². The molecule has 6 nitrogen and oxygen atoms in total. The molecule has 0 saturated carbocycles. The lowest BCUT2D eigenvalue weighted by molar-refractivity contribution is 0.466. The van der Waals surface area contributed by atoms with E-state index < -0.39 is 5.41 Å². The third-order valence-corrected chi connectivity index (χ3v) is 9.08. The number of hydrogen-bond acceptors (Lipinski definition) is 6. The molecule has 242 valence electrons. The van der Waals surface area contributed by atoms with Crippen LogP contribution in [0.5, 0.6) is 34.5 Å². The van der Waals surface area contributed by atoms with E-state index in [1.54, 1.807) is 24.3 Å². The summed E-state index contributed by atoms with van der Waals surface area (Å²) in [6.45, 7) is 0. The molecule has 0 aliphatic heterocycles. The molecule has 0 radical (unpaired) electrons. The van der Waals surface area contributed by atoms with Gasteiger partial charge >= 0.3 is 0 Å². The van der Waals surface area contributed by atoms with E-state index in [1.807, 2.05) is 72.8 Å². The first-order valence-electron chi connectivity index (χ1n) is 15.7. The molecule has 7 rings (SSSR count). The number of phenolic OH excluding ortho intramolecular Hbond substituents is 2. The molecule has 0 heterocycles. The van der Waals surface area contributed by atoms with Gasteiger partial charge in [0.25, 0.3) is 0 Å². The molecule has 1 aliphatic carbocycles. The molecular weight excluding hydrogens is 633 g/mol. The molecule has 6 heteroatoms. The average molecular weight is 661 g/mol. The van der Waals surface area contributed by atoms with Crippen LogP contribution in [-0.4, -0.2) is 10.2 Å². The Balaban J connectivity index is 1.46. The second kappa shape index (κ2) is 12.4. The molecule has 51 heavy (non-hydrogen) atoms. The predicted molar refractivity (Wildman–Crippen MR) is 201 cm³/mol. The van der Waals surface area contributed by atoms with Gasteiger partial charge in [0, 0.05) is 34.4 Å². The minimum atomic E-state index is -0.953. The van der Waals surface area contributed by atoms with E-state index in [1.165, 1.54) is 12.1 Å². The van der Waals surface area contributed by atoms with Crippen molar-refractivity contribution in [3.8, 4) is 95.0 Å². The Morgan fingerprint density at radius 1 is 0.451 bits per heavy atom. The third-order valence-electron chi connectivity index (χ3n) is 9.08. The molecule has 0 aromatic heterocycles. The first-order valence-corrected chi connectivity index (χ1v) is 15.7. The van der Waals surface area contributed by atoms with Gasteiger partial charge in [-0.2, -0.15) is 0 Å². The van der Waals surface area contributed by atoms with E-state index in [9.17, 15) is 10.2 Å². The Morgan fingerprint density at radius 2 is 0.784 bits per heavy atom. The van der Waals surface area contributed by atoms with Gasteiger partial charge in [0.2, 0.25) is 0 Å². The van der Waals surface area contributed by atoms with E-state index in [4.69, 9.17) is 46.6 Å². The fraction of sp³-hybridized carbons (Fsp3) is 0.0222. The summed E-state index contributed by atoms with van der Waals surface area (Å²) >= 11 is 0. The van der Waals surface area contributed by atoms with E-state index in [2.05, 4.69) is 23.7 Å². The van der Waals surface area contributed by atoms with Gasteiger partial charge in [0.1, 0.15) is 34.5 Å². The highest BCUT2D eigenvalue weighted by molar-refractivity contribution is 5.89. The molecule has 6 aromatic rings. The van der Waals surface area contributed by atoms with Crippen molar-refractivity contribution in [2.24, 2.45) is 0 Å². The summed E-state index contributed by atoms with van der Waals surface area (Å²) in [6, 6.07) is 32.5. The van der Waals surface area contributed by atoms with Gasteiger partial charge in [-0.15, -0.1) is 25.7 Å². The smallest absolute Gasteiger partial charge is 0.138 e. The van der Waals surface area contributed by atoms with Gasteiger partial charge in [-0.1, -0.05) is 47.9 Å². The largest absolute Gasteiger partial charge is 0.506 e. The molecule has 0 atom stereocenters. The maximum atomic E-state index is 9.87. The number of nitrogen functional groups attached to an aromatic ring is 2. The molecular formula is C45H28N2O4. The number of hydrogen-bond donors (Lipinski definition) is 4. The number of anilines is 2. The zero-order valence-electron chi connectivity index (χ0n) is 27.1. The summed E-state index contributed by atoms with van der Waals surface area (Å²) in [5, 5.41) is 19.7. The van der Waals surface area contributed by atoms with Crippen LogP contribution in [0.1, 0.15) is 44.5 Å². The molecule has 0 unspecified atom stereocenters. The van der Waals surface area contributed by atoms with E-state index in [0.717, 1.165) is 33.4 Å². The monoisotopic (exact) mass is 660 g/mol. The van der Waals surface area contributed by atoms with Crippen LogP contribution in [-0.2, 0) is 5.41 Å². The van der Waals surface area contributed by atoms with Crippen LogP contribution < -0.4 is 20.9 Å². The second-order valence-electron chi connectivity index (χ2n) is 11.9. The Hall–Kier alpha value is -7.64. The number of terminal acetylenes is 4. The number of ether oxygens (including phenoxy) is 2. The van der Waals surface area contributed by atoms with Crippen molar-refractivity contribution in [2.75, 3.05) is 11.5 Å². The Bertz CT molecular complexity index is 2380. The van der Waals surface area contributed by atoms with Crippen molar-refractivity contribution in [3.05, 3.63) is 154 Å². The molecule has 6 N–H and O–H groups in total. The minimum Gasteiger partial charge on any atom is -0.506 e. The topological polar surface area (TPSA) is 111 Å². The van der Waals surface area contributed by atoms with Crippen molar-refractivity contribution in [3.63, 3.8) is 0 Å².